The van der Waals surface area contributed by atoms with Gasteiger partial charge in [-0.25, -0.2) is 0 Å². The normalized spacial score (nSPS) is 15.4. The Kier molecular flexibility index (Phi) is 7.00. The van der Waals surface area contributed by atoms with Gasteiger partial charge in [0.05, 0.1) is 5.69 Å². The number of benzene rings is 1. The van der Waals surface area contributed by atoms with E-state index in [4.69, 9.17) is 0 Å². The lowest BCUT2D eigenvalue weighted by atomic mass is 9.93. The van der Waals surface area contributed by atoms with Crippen molar-refractivity contribution in [3.63, 3.8) is 0 Å². The monoisotopic (exact) mass is 379 g/mol. The number of amides is 1. The van der Waals surface area contributed by atoms with E-state index in [2.05, 4.69) is 49.8 Å². The lowest BCUT2D eigenvalue weighted by Crippen LogP contribution is -2.45. The second-order valence-electron chi connectivity index (χ2n) is 7.12. The van der Waals surface area contributed by atoms with E-state index >= 15 is 0 Å². The molecule has 1 aliphatic heterocycles. The Labute approximate surface area is 167 Å². The molecule has 1 fully saturated rings. The number of aromatic nitrogens is 1. The molecule has 2 heterocycles. The van der Waals surface area contributed by atoms with Gasteiger partial charge in [-0.1, -0.05) is 24.3 Å². The quantitative estimate of drug-likeness (QED) is 0.619. The number of rotatable bonds is 5. The van der Waals surface area contributed by atoms with Crippen molar-refractivity contribution >= 4 is 11.9 Å². The first kappa shape index (κ1) is 19.9. The van der Waals surface area contributed by atoms with Gasteiger partial charge in [0.25, 0.3) is 0 Å². The number of pyridine rings is 1. The van der Waals surface area contributed by atoms with E-state index in [-0.39, 0.29) is 5.91 Å². The Balaban J connectivity index is 1.55. The fraction of sp³-hybridized carbons (Fsp3) is 0.409. The van der Waals surface area contributed by atoms with Crippen LogP contribution in [0.3, 0.4) is 0 Å². The molecule has 1 saturated heterocycles. The zero-order valence-corrected chi connectivity index (χ0v) is 16.7. The summed E-state index contributed by atoms with van der Waals surface area (Å²) in [5.41, 5.74) is 3.29. The Morgan fingerprint density at radius 2 is 2.04 bits per heavy atom. The fourth-order valence-corrected chi connectivity index (χ4v) is 3.60. The molecule has 3 rings (SSSR count). The average Bonchev–Trinajstić information content (AvgIpc) is 2.76. The van der Waals surface area contributed by atoms with Crippen LogP contribution in [-0.4, -0.2) is 48.9 Å². The van der Waals surface area contributed by atoms with Crippen LogP contribution in [0.2, 0.25) is 0 Å². The van der Waals surface area contributed by atoms with Crippen molar-refractivity contribution in [2.45, 2.75) is 25.8 Å². The molecule has 0 atom stereocenters. The van der Waals surface area contributed by atoms with Gasteiger partial charge < -0.3 is 15.5 Å². The van der Waals surface area contributed by atoms with Gasteiger partial charge in [0.15, 0.2) is 5.96 Å². The maximum atomic E-state index is 11.6. The lowest BCUT2D eigenvalue weighted by Gasteiger charge is -2.34. The second-order valence-corrected chi connectivity index (χ2v) is 7.12. The smallest absolute Gasteiger partial charge is 0.220 e. The maximum Gasteiger partial charge on any atom is 0.220 e. The number of carbonyl (C=O) groups is 1. The van der Waals surface area contributed by atoms with Crippen LogP contribution in [0.5, 0.6) is 0 Å². The predicted molar refractivity (Wildman–Crippen MR) is 113 cm³/mol. The third kappa shape index (κ3) is 5.31. The Morgan fingerprint density at radius 1 is 1.21 bits per heavy atom. The van der Waals surface area contributed by atoms with Gasteiger partial charge in [-0.05, 0) is 42.5 Å². The van der Waals surface area contributed by atoms with E-state index in [1.165, 1.54) is 5.56 Å². The van der Waals surface area contributed by atoms with Crippen molar-refractivity contribution in [1.29, 1.82) is 0 Å². The molecule has 6 heteroatoms. The minimum absolute atomic E-state index is 0.133. The number of carbonyl (C=O) groups excluding carboxylic acids is 1. The van der Waals surface area contributed by atoms with E-state index < -0.39 is 0 Å². The summed E-state index contributed by atoms with van der Waals surface area (Å²) in [6.07, 6.45) is 4.47. The summed E-state index contributed by atoms with van der Waals surface area (Å²) in [6.45, 7) is 2.57. The summed E-state index contributed by atoms with van der Waals surface area (Å²) in [5, 5.41) is 6.20. The van der Waals surface area contributed by atoms with Gasteiger partial charge in [0, 0.05) is 51.9 Å². The highest BCUT2D eigenvalue weighted by Gasteiger charge is 2.23. The van der Waals surface area contributed by atoms with Gasteiger partial charge in [0.1, 0.15) is 0 Å². The zero-order valence-electron chi connectivity index (χ0n) is 16.7. The standard InChI is InChI=1S/C22H29N5O/c1-23-21(28)15-17-9-12-27(13-10-17)22(24-2)26-16-18-6-5-7-19(14-18)20-8-3-4-11-25-20/h3-8,11,14,17H,9-10,12-13,15-16H2,1-2H3,(H,23,28)(H,24,26). The molecule has 1 aromatic carbocycles. The molecule has 0 radical (unpaired) electrons. The van der Waals surface area contributed by atoms with Crippen molar-refractivity contribution in [2.75, 3.05) is 27.2 Å². The van der Waals surface area contributed by atoms with Crippen LogP contribution in [0.25, 0.3) is 11.3 Å². The predicted octanol–water partition coefficient (Wildman–Crippen LogP) is 2.67. The van der Waals surface area contributed by atoms with E-state index in [0.29, 0.717) is 18.9 Å². The summed E-state index contributed by atoms with van der Waals surface area (Å²) < 4.78 is 0. The molecule has 0 bridgehead atoms. The van der Waals surface area contributed by atoms with Gasteiger partial charge in [-0.3, -0.25) is 14.8 Å². The first-order valence-corrected chi connectivity index (χ1v) is 9.86. The number of guanidine groups is 1. The number of piperidine rings is 1. The molecule has 2 aromatic rings. The fourth-order valence-electron chi connectivity index (χ4n) is 3.60. The van der Waals surface area contributed by atoms with Gasteiger partial charge in [0.2, 0.25) is 5.91 Å². The summed E-state index contributed by atoms with van der Waals surface area (Å²) in [6, 6.07) is 14.4. The van der Waals surface area contributed by atoms with E-state index in [0.717, 1.165) is 43.1 Å². The molecule has 28 heavy (non-hydrogen) atoms. The lowest BCUT2D eigenvalue weighted by molar-refractivity contribution is -0.121. The number of hydrogen-bond donors (Lipinski definition) is 2. The molecule has 6 nitrogen and oxygen atoms in total. The van der Waals surface area contributed by atoms with Crippen LogP contribution in [0.1, 0.15) is 24.8 Å². The molecule has 0 spiro atoms. The molecule has 1 aliphatic rings. The van der Waals surface area contributed by atoms with Gasteiger partial charge in [-0.15, -0.1) is 0 Å². The maximum absolute atomic E-state index is 11.6. The van der Waals surface area contributed by atoms with E-state index in [1.54, 1.807) is 7.05 Å². The summed E-state index contributed by atoms with van der Waals surface area (Å²) in [7, 11) is 3.52. The number of aliphatic imine (C=N–C) groups is 1. The van der Waals surface area contributed by atoms with Gasteiger partial charge >= 0.3 is 0 Å². The Morgan fingerprint density at radius 3 is 2.71 bits per heavy atom. The molecule has 0 saturated carbocycles. The minimum Gasteiger partial charge on any atom is -0.359 e. The zero-order chi connectivity index (χ0) is 19.8. The number of nitrogens with one attached hydrogen (secondary N) is 2. The molecular formula is C22H29N5O. The number of likely N-dealkylation sites (tertiary alicyclic amines) is 1. The third-order valence-corrected chi connectivity index (χ3v) is 5.22. The summed E-state index contributed by atoms with van der Waals surface area (Å²) in [4.78, 5) is 22.7. The highest BCUT2D eigenvalue weighted by Crippen LogP contribution is 2.21. The van der Waals surface area contributed by atoms with Crippen molar-refractivity contribution in [2.24, 2.45) is 10.9 Å². The van der Waals surface area contributed by atoms with E-state index in [9.17, 15) is 4.79 Å². The van der Waals surface area contributed by atoms with Gasteiger partial charge in [-0.2, -0.15) is 0 Å². The number of hydrogen-bond acceptors (Lipinski definition) is 3. The molecule has 1 aromatic heterocycles. The molecular weight excluding hydrogens is 350 g/mol. The summed E-state index contributed by atoms with van der Waals surface area (Å²) >= 11 is 0. The van der Waals surface area contributed by atoms with E-state index in [1.807, 2.05) is 31.4 Å². The largest absolute Gasteiger partial charge is 0.359 e. The average molecular weight is 380 g/mol. The molecule has 148 valence electrons. The van der Waals surface area contributed by atoms with Crippen LogP contribution >= 0.6 is 0 Å². The number of nitrogens with zero attached hydrogens (tertiary/aromatic N) is 3. The minimum atomic E-state index is 0.133. The first-order valence-electron chi connectivity index (χ1n) is 9.86. The van der Waals surface area contributed by atoms with Crippen LogP contribution in [0.4, 0.5) is 0 Å². The second kappa shape index (κ2) is 9.88. The van der Waals surface area contributed by atoms with Crippen molar-refractivity contribution < 1.29 is 4.79 Å². The van der Waals surface area contributed by atoms with Crippen LogP contribution < -0.4 is 10.6 Å². The Hall–Kier alpha value is -2.89. The van der Waals surface area contributed by atoms with Crippen LogP contribution in [0.15, 0.2) is 53.7 Å². The highest BCUT2D eigenvalue weighted by atomic mass is 16.1. The molecule has 2 N–H and O–H groups in total. The third-order valence-electron chi connectivity index (χ3n) is 5.22. The highest BCUT2D eigenvalue weighted by molar-refractivity contribution is 5.80. The van der Waals surface area contributed by atoms with Crippen molar-refractivity contribution in [3.05, 3.63) is 54.2 Å². The Bertz CT molecular complexity index is 798. The van der Waals surface area contributed by atoms with Crippen molar-refractivity contribution in [3.8, 4) is 11.3 Å². The van der Waals surface area contributed by atoms with Crippen LogP contribution in [-0.2, 0) is 11.3 Å². The molecule has 0 unspecified atom stereocenters. The van der Waals surface area contributed by atoms with Crippen molar-refractivity contribution in [1.82, 2.24) is 20.5 Å². The first-order chi connectivity index (χ1) is 13.7. The SMILES string of the molecule is CN=C(NCc1cccc(-c2ccccn2)c1)N1CCC(CC(=O)NC)CC1. The topological polar surface area (TPSA) is 69.6 Å². The molecule has 1 amide bonds. The van der Waals surface area contributed by atoms with Crippen LogP contribution in [0, 0.1) is 5.92 Å². The summed E-state index contributed by atoms with van der Waals surface area (Å²) in [5.74, 6) is 1.51. The molecule has 0 aliphatic carbocycles.